The summed E-state index contributed by atoms with van der Waals surface area (Å²) in [4.78, 5) is 24.5. The van der Waals surface area contributed by atoms with Gasteiger partial charge in [0.05, 0.1) is 0 Å². The lowest BCUT2D eigenvalue weighted by molar-refractivity contribution is -0.151. The third-order valence-corrected chi connectivity index (χ3v) is 7.63. The van der Waals surface area contributed by atoms with Crippen LogP contribution in [0.15, 0.2) is 24.3 Å². The Labute approximate surface area is 179 Å². The second-order valence-corrected chi connectivity index (χ2v) is 10.2. The molecule has 164 valence electrons. The fourth-order valence-electron chi connectivity index (χ4n) is 6.56. The topological polar surface area (TPSA) is 64.6 Å². The molecule has 4 saturated carbocycles. The number of hydrogen-bond acceptors (Lipinski definition) is 4. The van der Waals surface area contributed by atoms with E-state index in [9.17, 15) is 9.59 Å². The van der Waals surface area contributed by atoms with Crippen LogP contribution >= 0.6 is 0 Å². The first-order valence-electron chi connectivity index (χ1n) is 11.5. The Hall–Kier alpha value is -2.04. The van der Waals surface area contributed by atoms with E-state index in [-0.39, 0.29) is 30.6 Å². The molecule has 0 aliphatic heterocycles. The van der Waals surface area contributed by atoms with E-state index < -0.39 is 5.97 Å². The molecule has 0 unspecified atom stereocenters. The predicted octanol–water partition coefficient (Wildman–Crippen LogP) is 4.45. The van der Waals surface area contributed by atoms with Gasteiger partial charge in [-0.2, -0.15) is 0 Å². The van der Waals surface area contributed by atoms with Crippen LogP contribution in [0.2, 0.25) is 0 Å². The van der Waals surface area contributed by atoms with Crippen LogP contribution < -0.4 is 10.1 Å². The van der Waals surface area contributed by atoms with Crippen molar-refractivity contribution in [1.82, 2.24) is 5.32 Å². The maximum atomic E-state index is 12.4. The van der Waals surface area contributed by atoms with Crippen LogP contribution in [0.1, 0.15) is 70.8 Å². The molecule has 1 N–H and O–H groups in total. The van der Waals surface area contributed by atoms with Gasteiger partial charge in [-0.25, -0.2) is 4.79 Å². The molecule has 1 aromatic carbocycles. The molecule has 4 fully saturated rings. The number of rotatable bonds is 8. The maximum Gasteiger partial charge on any atom is 0.344 e. The zero-order chi connectivity index (χ0) is 21.3. The van der Waals surface area contributed by atoms with E-state index in [0.717, 1.165) is 23.3 Å². The molecule has 5 rings (SSSR count). The molecule has 0 saturated heterocycles. The molecule has 0 spiro atoms. The number of hydrogen-bond donors (Lipinski definition) is 1. The van der Waals surface area contributed by atoms with Gasteiger partial charge >= 0.3 is 5.97 Å². The normalized spacial score (nSPS) is 30.2. The van der Waals surface area contributed by atoms with Crippen LogP contribution in [0, 0.1) is 23.2 Å². The van der Waals surface area contributed by atoms with Crippen LogP contribution in [-0.4, -0.2) is 31.1 Å². The first kappa shape index (κ1) is 21.2. The second kappa shape index (κ2) is 8.60. The minimum absolute atomic E-state index is 0.131. The zero-order valence-corrected chi connectivity index (χ0v) is 18.5. The summed E-state index contributed by atoms with van der Waals surface area (Å²) in [5, 5.41) is 3.13. The minimum atomic E-state index is -0.522. The van der Waals surface area contributed by atoms with E-state index in [1.165, 1.54) is 38.5 Å². The smallest absolute Gasteiger partial charge is 0.344 e. The lowest BCUT2D eigenvalue weighted by Crippen LogP contribution is -2.56. The summed E-state index contributed by atoms with van der Waals surface area (Å²) < 4.78 is 10.8. The first-order valence-corrected chi connectivity index (χ1v) is 11.5. The molecule has 1 aromatic rings. The van der Waals surface area contributed by atoms with Gasteiger partial charge in [-0.1, -0.05) is 32.0 Å². The SMILES string of the molecule is CC(C)c1ccccc1OCC(=O)OCC(=O)N[C@H](C)C12CC3CC(CC(C3)C1)C2. The Morgan fingerprint density at radius 3 is 2.20 bits per heavy atom. The van der Waals surface area contributed by atoms with Gasteiger partial charge in [-0.05, 0) is 86.2 Å². The molecule has 0 aromatic heterocycles. The molecule has 1 amide bonds. The summed E-state index contributed by atoms with van der Waals surface area (Å²) in [5.74, 6) is 2.79. The van der Waals surface area contributed by atoms with Crippen molar-refractivity contribution >= 4 is 11.9 Å². The molecular formula is C25H35NO4. The van der Waals surface area contributed by atoms with Crippen LogP contribution in [0.25, 0.3) is 0 Å². The second-order valence-electron chi connectivity index (χ2n) is 10.2. The van der Waals surface area contributed by atoms with Crippen molar-refractivity contribution < 1.29 is 19.1 Å². The van der Waals surface area contributed by atoms with E-state index in [2.05, 4.69) is 26.1 Å². The number of carbonyl (C=O) groups is 2. The van der Waals surface area contributed by atoms with E-state index in [1.807, 2.05) is 24.3 Å². The Bertz CT molecular complexity index is 752. The van der Waals surface area contributed by atoms with Crippen LogP contribution in [0.4, 0.5) is 0 Å². The third-order valence-electron chi connectivity index (χ3n) is 7.63. The van der Waals surface area contributed by atoms with Crippen molar-refractivity contribution in [2.45, 2.75) is 71.3 Å². The number of benzene rings is 1. The standard InChI is InChI=1S/C25H35NO4/c1-16(2)21-6-4-5-7-22(21)29-15-24(28)30-14-23(27)26-17(3)25-11-18-8-19(12-25)10-20(9-18)13-25/h4-7,16-20H,8-15H2,1-3H3,(H,26,27)/t17-,18?,19?,20?,25?/m1/s1. The molecule has 4 aliphatic rings. The van der Waals surface area contributed by atoms with Gasteiger partial charge in [0.15, 0.2) is 13.2 Å². The molecule has 1 atom stereocenters. The summed E-state index contributed by atoms with van der Waals surface area (Å²) in [6, 6.07) is 7.81. The van der Waals surface area contributed by atoms with Gasteiger partial charge < -0.3 is 14.8 Å². The van der Waals surface area contributed by atoms with Crippen LogP contribution in [0.5, 0.6) is 5.75 Å². The monoisotopic (exact) mass is 413 g/mol. The Morgan fingerprint density at radius 2 is 1.60 bits per heavy atom. The van der Waals surface area contributed by atoms with Crippen LogP contribution in [-0.2, 0) is 14.3 Å². The lowest BCUT2D eigenvalue weighted by atomic mass is 9.48. The van der Waals surface area contributed by atoms with E-state index in [4.69, 9.17) is 9.47 Å². The molecule has 0 heterocycles. The Balaban J connectivity index is 1.23. The van der Waals surface area contributed by atoms with Crippen LogP contribution in [0.3, 0.4) is 0 Å². The summed E-state index contributed by atoms with van der Waals surface area (Å²) >= 11 is 0. The average Bonchev–Trinajstić information content (AvgIpc) is 2.70. The summed E-state index contributed by atoms with van der Waals surface area (Å²) in [6.45, 7) is 5.86. The predicted molar refractivity (Wildman–Crippen MR) is 115 cm³/mol. The number of amides is 1. The largest absolute Gasteiger partial charge is 0.482 e. The van der Waals surface area contributed by atoms with Gasteiger partial charge in [-0.15, -0.1) is 0 Å². The molecular weight excluding hydrogens is 378 g/mol. The number of para-hydroxylation sites is 1. The fourth-order valence-corrected chi connectivity index (χ4v) is 6.56. The molecule has 5 nitrogen and oxygen atoms in total. The quantitative estimate of drug-likeness (QED) is 0.640. The van der Waals surface area contributed by atoms with Gasteiger partial charge in [0.2, 0.25) is 0 Å². The third kappa shape index (κ3) is 4.50. The molecule has 5 heteroatoms. The summed E-state index contributed by atoms with van der Waals surface area (Å²) in [7, 11) is 0. The molecule has 4 aliphatic carbocycles. The summed E-state index contributed by atoms with van der Waals surface area (Å²) in [5.41, 5.74) is 1.30. The van der Waals surface area contributed by atoms with Gasteiger partial charge in [0.1, 0.15) is 5.75 Å². The van der Waals surface area contributed by atoms with E-state index in [0.29, 0.717) is 11.7 Å². The average molecular weight is 414 g/mol. The molecule has 0 radical (unpaired) electrons. The van der Waals surface area contributed by atoms with E-state index in [1.54, 1.807) is 0 Å². The first-order chi connectivity index (χ1) is 14.3. The van der Waals surface area contributed by atoms with Crippen molar-refractivity contribution in [2.75, 3.05) is 13.2 Å². The van der Waals surface area contributed by atoms with Crippen molar-refractivity contribution in [3.05, 3.63) is 29.8 Å². The van der Waals surface area contributed by atoms with Crippen molar-refractivity contribution in [3.63, 3.8) is 0 Å². The highest BCUT2D eigenvalue weighted by Gasteiger charge is 2.53. The van der Waals surface area contributed by atoms with Crippen molar-refractivity contribution in [1.29, 1.82) is 0 Å². The molecule has 4 bridgehead atoms. The number of ether oxygens (including phenoxy) is 2. The van der Waals surface area contributed by atoms with Gasteiger partial charge in [-0.3, -0.25) is 4.79 Å². The highest BCUT2D eigenvalue weighted by Crippen LogP contribution is 2.61. The van der Waals surface area contributed by atoms with Gasteiger partial charge in [0, 0.05) is 6.04 Å². The number of carbonyl (C=O) groups excluding carboxylic acids is 2. The minimum Gasteiger partial charge on any atom is -0.482 e. The Kier molecular flexibility index (Phi) is 6.08. The lowest BCUT2D eigenvalue weighted by Gasteiger charge is -2.59. The summed E-state index contributed by atoms with van der Waals surface area (Å²) in [6.07, 6.45) is 7.88. The highest BCUT2D eigenvalue weighted by molar-refractivity contribution is 5.81. The zero-order valence-electron chi connectivity index (χ0n) is 18.5. The van der Waals surface area contributed by atoms with Gasteiger partial charge in [0.25, 0.3) is 5.91 Å². The van der Waals surface area contributed by atoms with E-state index >= 15 is 0 Å². The van der Waals surface area contributed by atoms with Crippen molar-refractivity contribution in [3.8, 4) is 5.75 Å². The maximum absolute atomic E-state index is 12.4. The number of esters is 1. The number of nitrogens with one attached hydrogen (secondary N) is 1. The fraction of sp³-hybridized carbons (Fsp3) is 0.680. The van der Waals surface area contributed by atoms with Crippen molar-refractivity contribution in [2.24, 2.45) is 23.2 Å². The molecule has 30 heavy (non-hydrogen) atoms. The highest BCUT2D eigenvalue weighted by atomic mass is 16.6. The Morgan fingerprint density at radius 1 is 1.00 bits per heavy atom.